The maximum absolute atomic E-state index is 12.4. The molecule has 0 fully saturated rings. The van der Waals surface area contributed by atoms with E-state index in [0.717, 1.165) is 48.6 Å². The fourth-order valence-electron chi connectivity index (χ4n) is 2.71. The summed E-state index contributed by atoms with van der Waals surface area (Å²) in [6.45, 7) is 6.85. The van der Waals surface area contributed by atoms with Gasteiger partial charge in [0, 0.05) is 36.5 Å². The van der Waals surface area contributed by atoms with Gasteiger partial charge < -0.3 is 10.2 Å². The lowest BCUT2D eigenvalue weighted by molar-refractivity contribution is 0.0949. The molecule has 0 unspecified atom stereocenters. The van der Waals surface area contributed by atoms with Crippen molar-refractivity contribution in [3.63, 3.8) is 0 Å². The average molecular weight is 360 g/mol. The number of halogens is 1. The second kappa shape index (κ2) is 10.0. The summed E-state index contributed by atoms with van der Waals surface area (Å²) in [7, 11) is 0. The fourth-order valence-corrected chi connectivity index (χ4v) is 2.84. The maximum Gasteiger partial charge on any atom is 0.269 e. The van der Waals surface area contributed by atoms with Crippen molar-refractivity contribution in [2.45, 2.75) is 33.1 Å². The van der Waals surface area contributed by atoms with Crippen LogP contribution in [0.2, 0.25) is 5.02 Å². The minimum Gasteiger partial charge on any atom is -0.371 e. The van der Waals surface area contributed by atoms with Crippen LogP contribution in [-0.2, 0) is 6.42 Å². The van der Waals surface area contributed by atoms with Crippen LogP contribution in [0.1, 0.15) is 42.7 Å². The first kappa shape index (κ1) is 19.3. The van der Waals surface area contributed by atoms with E-state index in [4.69, 9.17) is 11.6 Å². The third-order valence-electron chi connectivity index (χ3n) is 3.94. The van der Waals surface area contributed by atoms with Gasteiger partial charge in [0.25, 0.3) is 5.91 Å². The maximum atomic E-state index is 12.4. The lowest BCUT2D eigenvalue weighted by Gasteiger charge is -2.23. The predicted molar refractivity (Wildman–Crippen MR) is 105 cm³/mol. The molecule has 2 aromatic rings. The standard InChI is InChI=1S/C20H26ClN3O/c1-3-13-24(14-4-2)18-10-12-22-19(15-18)20(25)23-11-9-16-5-7-17(21)8-6-16/h5-8,10,12,15H,3-4,9,11,13-14H2,1-2H3,(H,23,25). The average Bonchev–Trinajstić information content (AvgIpc) is 2.63. The molecule has 1 aromatic carbocycles. The Hall–Kier alpha value is -2.07. The number of nitrogens with one attached hydrogen (secondary N) is 1. The highest BCUT2D eigenvalue weighted by molar-refractivity contribution is 6.30. The van der Waals surface area contributed by atoms with Crippen molar-refractivity contribution in [1.29, 1.82) is 0 Å². The number of amides is 1. The molecule has 4 nitrogen and oxygen atoms in total. The van der Waals surface area contributed by atoms with Gasteiger partial charge in [-0.3, -0.25) is 9.78 Å². The number of pyridine rings is 1. The van der Waals surface area contributed by atoms with Crippen molar-refractivity contribution in [3.05, 3.63) is 58.9 Å². The van der Waals surface area contributed by atoms with Crippen LogP contribution >= 0.6 is 11.6 Å². The Balaban J connectivity index is 1.94. The molecule has 0 saturated carbocycles. The topological polar surface area (TPSA) is 45.2 Å². The molecule has 1 amide bonds. The van der Waals surface area contributed by atoms with Gasteiger partial charge in [-0.15, -0.1) is 0 Å². The summed E-state index contributed by atoms with van der Waals surface area (Å²) in [5, 5.41) is 3.66. The summed E-state index contributed by atoms with van der Waals surface area (Å²) in [6.07, 6.45) is 4.62. The molecule has 25 heavy (non-hydrogen) atoms. The van der Waals surface area contributed by atoms with Crippen LogP contribution in [0.15, 0.2) is 42.6 Å². The van der Waals surface area contributed by atoms with Crippen LogP contribution in [0, 0.1) is 0 Å². The molecule has 0 aliphatic carbocycles. The second-order valence-electron chi connectivity index (χ2n) is 6.02. The van der Waals surface area contributed by atoms with Crippen molar-refractivity contribution in [2.75, 3.05) is 24.5 Å². The van der Waals surface area contributed by atoms with Crippen LogP contribution < -0.4 is 10.2 Å². The van der Waals surface area contributed by atoms with Gasteiger partial charge in [-0.25, -0.2) is 0 Å². The quantitative estimate of drug-likeness (QED) is 0.724. The summed E-state index contributed by atoms with van der Waals surface area (Å²) in [4.78, 5) is 18.9. The van der Waals surface area contributed by atoms with Gasteiger partial charge in [0.2, 0.25) is 0 Å². The van der Waals surface area contributed by atoms with E-state index in [-0.39, 0.29) is 5.91 Å². The van der Waals surface area contributed by atoms with Crippen LogP contribution in [0.3, 0.4) is 0 Å². The summed E-state index contributed by atoms with van der Waals surface area (Å²) in [6, 6.07) is 11.5. The zero-order valence-electron chi connectivity index (χ0n) is 15.0. The molecule has 0 aliphatic heterocycles. The third kappa shape index (κ3) is 6.05. The van der Waals surface area contributed by atoms with Crippen molar-refractivity contribution in [1.82, 2.24) is 10.3 Å². The summed E-state index contributed by atoms with van der Waals surface area (Å²) in [5.41, 5.74) is 2.66. The molecule has 5 heteroatoms. The van der Waals surface area contributed by atoms with E-state index in [1.807, 2.05) is 36.4 Å². The Morgan fingerprint density at radius 1 is 1.12 bits per heavy atom. The van der Waals surface area contributed by atoms with Gasteiger partial charge in [-0.05, 0) is 49.1 Å². The number of hydrogen-bond acceptors (Lipinski definition) is 3. The number of carbonyl (C=O) groups excluding carboxylic acids is 1. The molecule has 2 rings (SSSR count). The van der Waals surface area contributed by atoms with E-state index in [1.54, 1.807) is 6.20 Å². The first-order valence-corrected chi connectivity index (χ1v) is 9.25. The molecule has 0 saturated heterocycles. The van der Waals surface area contributed by atoms with Crippen molar-refractivity contribution >= 4 is 23.2 Å². The summed E-state index contributed by atoms with van der Waals surface area (Å²) >= 11 is 5.88. The van der Waals surface area contributed by atoms with E-state index < -0.39 is 0 Å². The Labute approximate surface area is 155 Å². The highest BCUT2D eigenvalue weighted by atomic mass is 35.5. The van der Waals surface area contributed by atoms with Crippen LogP contribution in [-0.4, -0.2) is 30.5 Å². The second-order valence-corrected chi connectivity index (χ2v) is 6.46. The number of carbonyl (C=O) groups is 1. The lowest BCUT2D eigenvalue weighted by atomic mass is 10.1. The Bertz CT molecular complexity index is 667. The highest BCUT2D eigenvalue weighted by Crippen LogP contribution is 2.16. The lowest BCUT2D eigenvalue weighted by Crippen LogP contribution is -2.28. The normalized spacial score (nSPS) is 10.5. The molecule has 0 spiro atoms. The molecule has 0 radical (unpaired) electrons. The number of aromatic nitrogens is 1. The van der Waals surface area contributed by atoms with Gasteiger partial charge in [0.15, 0.2) is 0 Å². The Morgan fingerprint density at radius 3 is 2.44 bits per heavy atom. The molecule has 0 bridgehead atoms. The van der Waals surface area contributed by atoms with E-state index in [0.29, 0.717) is 12.2 Å². The van der Waals surface area contributed by atoms with E-state index in [2.05, 4.69) is 29.0 Å². The number of rotatable bonds is 9. The molecular weight excluding hydrogens is 334 g/mol. The summed E-state index contributed by atoms with van der Waals surface area (Å²) in [5.74, 6) is -0.135. The highest BCUT2D eigenvalue weighted by Gasteiger charge is 2.11. The number of benzene rings is 1. The van der Waals surface area contributed by atoms with Crippen molar-refractivity contribution < 1.29 is 4.79 Å². The fraction of sp³-hybridized carbons (Fsp3) is 0.400. The number of anilines is 1. The molecule has 0 atom stereocenters. The monoisotopic (exact) mass is 359 g/mol. The van der Waals surface area contributed by atoms with Gasteiger partial charge in [-0.2, -0.15) is 0 Å². The smallest absolute Gasteiger partial charge is 0.269 e. The largest absolute Gasteiger partial charge is 0.371 e. The van der Waals surface area contributed by atoms with E-state index in [9.17, 15) is 4.79 Å². The molecule has 0 aliphatic rings. The van der Waals surface area contributed by atoms with Crippen LogP contribution in [0.5, 0.6) is 0 Å². The zero-order chi connectivity index (χ0) is 18.1. The Morgan fingerprint density at radius 2 is 1.80 bits per heavy atom. The van der Waals surface area contributed by atoms with Crippen molar-refractivity contribution in [3.8, 4) is 0 Å². The zero-order valence-corrected chi connectivity index (χ0v) is 15.7. The first-order chi connectivity index (χ1) is 12.1. The molecule has 1 N–H and O–H groups in total. The molecule has 134 valence electrons. The first-order valence-electron chi connectivity index (χ1n) is 8.87. The minimum atomic E-state index is -0.135. The molecular formula is C20H26ClN3O. The number of hydrogen-bond donors (Lipinski definition) is 1. The molecule has 1 aromatic heterocycles. The van der Waals surface area contributed by atoms with Gasteiger partial charge in [0.1, 0.15) is 5.69 Å². The van der Waals surface area contributed by atoms with Gasteiger partial charge in [0.05, 0.1) is 0 Å². The van der Waals surface area contributed by atoms with E-state index in [1.165, 1.54) is 0 Å². The van der Waals surface area contributed by atoms with Gasteiger partial charge in [-0.1, -0.05) is 37.6 Å². The van der Waals surface area contributed by atoms with E-state index >= 15 is 0 Å². The molecule has 1 heterocycles. The summed E-state index contributed by atoms with van der Waals surface area (Å²) < 4.78 is 0. The Kier molecular flexibility index (Phi) is 7.74. The minimum absolute atomic E-state index is 0.135. The predicted octanol–water partition coefficient (Wildman–Crippen LogP) is 4.33. The van der Waals surface area contributed by atoms with Gasteiger partial charge >= 0.3 is 0 Å². The SMILES string of the molecule is CCCN(CCC)c1ccnc(C(=O)NCCc2ccc(Cl)cc2)c1. The van der Waals surface area contributed by atoms with Crippen molar-refractivity contribution in [2.24, 2.45) is 0 Å². The van der Waals surface area contributed by atoms with Crippen LogP contribution in [0.4, 0.5) is 5.69 Å². The van der Waals surface area contributed by atoms with Crippen LogP contribution in [0.25, 0.3) is 0 Å². The third-order valence-corrected chi connectivity index (χ3v) is 4.19. The number of nitrogens with zero attached hydrogens (tertiary/aromatic N) is 2.